The largest absolute Gasteiger partial charge is 0.508 e. The van der Waals surface area contributed by atoms with Gasteiger partial charge in [-0.2, -0.15) is 0 Å². The van der Waals surface area contributed by atoms with Gasteiger partial charge < -0.3 is 102 Å². The first-order valence-electron chi connectivity index (χ1n) is 26.3. The highest BCUT2D eigenvalue weighted by Crippen LogP contribution is 2.21. The van der Waals surface area contributed by atoms with E-state index < -0.39 is 133 Å². The van der Waals surface area contributed by atoms with E-state index in [-0.39, 0.29) is 114 Å². The van der Waals surface area contributed by atoms with Crippen molar-refractivity contribution in [2.45, 2.75) is 152 Å². The number of hydrogen-bond acceptors (Lipinski definition) is 17. The molecule has 24 N–H and O–H groups in total. The number of carbonyl (C=O) groups excluding carboxylic acids is 8. The van der Waals surface area contributed by atoms with E-state index in [1.807, 2.05) is 0 Å². The van der Waals surface area contributed by atoms with E-state index in [0.717, 1.165) is 0 Å². The van der Waals surface area contributed by atoms with E-state index in [1.165, 1.54) is 29.2 Å². The van der Waals surface area contributed by atoms with E-state index in [9.17, 15) is 68.4 Å². The normalized spacial score (nSPS) is 15.9. The summed E-state index contributed by atoms with van der Waals surface area (Å²) in [6.45, 7) is 1.65. The van der Waals surface area contributed by atoms with E-state index in [4.69, 9.17) is 39.5 Å². The number of aliphatic carboxylic acids is 2. The standard InChI is InChI=1S/C49H82N16O15/c1-26(2)22-34(47(79)80)62-42(74)33(23-27-12-14-28(68)15-13-27)61-44(76)35(24-66)63-41(73)31(9-5-19-56-48(52)53)59-43(75)36(25-67)64-45(77)37-11-7-21-65(37)46(78)32(10-6-20-57-49(54)55)60-40(72)30(8-3-4-18-50)58-39(71)29(51)16-17-38(69)70/h12-15,26,29-37,66-68H,3-11,16-25,50-51H2,1-2H3,(H,58,71)(H,59,75)(H,60,72)(H,61,76)(H,62,74)(H,63,73)(H,64,77)(H,69,70)(H,79,80)(H4,52,53,56)(H4,54,55,57)/t29-,30-,31-,32-,33-,34-,35-,36-,37-/m0/s1. The predicted octanol–water partition coefficient (Wildman–Crippen LogP) is -6.14. The molecule has 1 aromatic carbocycles. The molecule has 31 heteroatoms. The number of benzene rings is 1. The van der Waals surface area contributed by atoms with Crippen LogP contribution in [0.25, 0.3) is 0 Å². The summed E-state index contributed by atoms with van der Waals surface area (Å²) in [6, 6.07) is -7.48. The Balaban J connectivity index is 2.38. The van der Waals surface area contributed by atoms with Crippen molar-refractivity contribution in [3.8, 4) is 5.75 Å². The number of hydrogen-bond donors (Lipinski definition) is 18. The van der Waals surface area contributed by atoms with Crippen molar-refractivity contribution >= 4 is 71.1 Å². The van der Waals surface area contributed by atoms with Gasteiger partial charge in [0.1, 0.15) is 54.1 Å². The van der Waals surface area contributed by atoms with E-state index in [1.54, 1.807) is 13.8 Å². The molecule has 1 aliphatic heterocycles. The van der Waals surface area contributed by atoms with Crippen LogP contribution in [0.5, 0.6) is 5.75 Å². The number of rotatable bonds is 37. The molecular formula is C49H82N16O15. The topological polar surface area (TPSA) is 540 Å². The summed E-state index contributed by atoms with van der Waals surface area (Å²) < 4.78 is 0. The van der Waals surface area contributed by atoms with Gasteiger partial charge in [0.25, 0.3) is 0 Å². The molecule has 0 bridgehead atoms. The number of aliphatic hydroxyl groups excluding tert-OH is 2. The van der Waals surface area contributed by atoms with Crippen LogP contribution in [-0.2, 0) is 54.4 Å². The Labute approximate surface area is 462 Å². The van der Waals surface area contributed by atoms with Crippen LogP contribution in [0.3, 0.4) is 0 Å². The Morgan fingerprint density at radius 2 is 1.07 bits per heavy atom. The monoisotopic (exact) mass is 1130 g/mol. The number of carboxylic acids is 2. The molecule has 1 fully saturated rings. The maximum absolute atomic E-state index is 14.4. The Kier molecular flexibility index (Phi) is 30.3. The van der Waals surface area contributed by atoms with Crippen LogP contribution >= 0.6 is 0 Å². The van der Waals surface area contributed by atoms with Crippen molar-refractivity contribution in [2.24, 2.45) is 50.3 Å². The van der Waals surface area contributed by atoms with Crippen LogP contribution in [-0.4, -0.2) is 195 Å². The van der Waals surface area contributed by atoms with Gasteiger partial charge >= 0.3 is 11.9 Å². The number of aromatic hydroxyl groups is 1. The summed E-state index contributed by atoms with van der Waals surface area (Å²) in [4.78, 5) is 143. The van der Waals surface area contributed by atoms with Crippen LogP contribution in [0.15, 0.2) is 34.3 Å². The zero-order valence-corrected chi connectivity index (χ0v) is 45.1. The number of amides is 8. The lowest BCUT2D eigenvalue weighted by atomic mass is 10.0. The molecule has 2 rings (SSSR count). The summed E-state index contributed by atoms with van der Waals surface area (Å²) in [5, 5.41) is 66.6. The number of carbonyl (C=O) groups is 10. The van der Waals surface area contributed by atoms with Crippen molar-refractivity contribution in [3.05, 3.63) is 29.8 Å². The molecule has 448 valence electrons. The quantitative estimate of drug-likeness (QED) is 0.0167. The third-order valence-corrected chi connectivity index (χ3v) is 12.5. The summed E-state index contributed by atoms with van der Waals surface area (Å²) in [5.74, 6) is -10.8. The predicted molar refractivity (Wildman–Crippen MR) is 289 cm³/mol. The van der Waals surface area contributed by atoms with Gasteiger partial charge in [-0.1, -0.05) is 26.0 Å². The Hall–Kier alpha value is -7.90. The lowest BCUT2D eigenvalue weighted by Gasteiger charge is -2.31. The number of guanidine groups is 2. The molecular weight excluding hydrogens is 1050 g/mol. The van der Waals surface area contributed by atoms with E-state index in [0.29, 0.717) is 18.4 Å². The molecule has 0 unspecified atom stereocenters. The van der Waals surface area contributed by atoms with Gasteiger partial charge in [-0.3, -0.25) is 53.1 Å². The maximum atomic E-state index is 14.4. The smallest absolute Gasteiger partial charge is 0.326 e. The second-order valence-electron chi connectivity index (χ2n) is 19.5. The number of nitrogens with zero attached hydrogens (tertiary/aromatic N) is 3. The molecule has 0 aliphatic carbocycles. The fourth-order valence-corrected chi connectivity index (χ4v) is 8.27. The zero-order chi connectivity index (χ0) is 60.1. The SMILES string of the molecule is CC(C)C[C@H](NC(=O)[C@H](Cc1ccc(O)cc1)NC(=O)[C@H](CO)NC(=O)[C@H](CCCN=C(N)N)NC(=O)[C@H](CO)NC(=O)[C@@H]1CCCN1C(=O)[C@H](CCCN=C(N)N)NC(=O)[C@H](CCCCN)NC(=O)[C@@H](N)CCC(=O)O)C(=O)O. The van der Waals surface area contributed by atoms with Crippen molar-refractivity contribution in [1.29, 1.82) is 0 Å². The van der Waals surface area contributed by atoms with E-state index >= 15 is 0 Å². The van der Waals surface area contributed by atoms with Crippen LogP contribution in [0, 0.1) is 5.92 Å². The second-order valence-corrected chi connectivity index (χ2v) is 19.5. The number of carboxylic acid groups (broad SMARTS) is 2. The van der Waals surface area contributed by atoms with Gasteiger partial charge in [0.2, 0.25) is 47.3 Å². The van der Waals surface area contributed by atoms with Crippen LogP contribution in [0.1, 0.15) is 96.5 Å². The number of phenols is 1. The van der Waals surface area contributed by atoms with Crippen molar-refractivity contribution in [2.75, 3.05) is 39.4 Å². The third-order valence-electron chi connectivity index (χ3n) is 12.5. The molecule has 0 saturated carbocycles. The number of aliphatic imine (C=N–C) groups is 2. The van der Waals surface area contributed by atoms with Crippen molar-refractivity contribution < 1.29 is 73.5 Å². The highest BCUT2D eigenvalue weighted by molar-refractivity contribution is 5.98. The average molecular weight is 1140 g/mol. The fourth-order valence-electron chi connectivity index (χ4n) is 8.27. The van der Waals surface area contributed by atoms with Gasteiger partial charge in [-0.25, -0.2) is 4.79 Å². The molecule has 1 aliphatic rings. The van der Waals surface area contributed by atoms with E-state index in [2.05, 4.69) is 47.2 Å². The highest BCUT2D eigenvalue weighted by Gasteiger charge is 2.40. The number of nitrogens with one attached hydrogen (secondary N) is 7. The Bertz CT molecular complexity index is 2300. The molecule has 9 atom stereocenters. The van der Waals surface area contributed by atoms with Gasteiger partial charge in [0, 0.05) is 32.5 Å². The molecule has 8 amide bonds. The van der Waals surface area contributed by atoms with Crippen LogP contribution in [0.4, 0.5) is 0 Å². The second kappa shape index (κ2) is 35.6. The maximum Gasteiger partial charge on any atom is 0.326 e. The summed E-state index contributed by atoms with van der Waals surface area (Å²) in [5.41, 5.74) is 33.9. The fraction of sp³-hybridized carbons (Fsp3) is 0.633. The number of likely N-dealkylation sites (tertiary alicyclic amines) is 1. The van der Waals surface area contributed by atoms with Crippen molar-refractivity contribution in [3.63, 3.8) is 0 Å². The minimum absolute atomic E-state index is 0.00311. The summed E-state index contributed by atoms with van der Waals surface area (Å²) in [6.07, 6.45) is 0.286. The first kappa shape index (κ1) is 68.2. The first-order valence-corrected chi connectivity index (χ1v) is 26.3. The zero-order valence-electron chi connectivity index (χ0n) is 45.1. The molecule has 0 spiro atoms. The molecule has 0 radical (unpaired) electrons. The van der Waals surface area contributed by atoms with Gasteiger partial charge in [0.15, 0.2) is 11.9 Å². The Morgan fingerprint density at radius 1 is 0.613 bits per heavy atom. The Morgan fingerprint density at radius 3 is 1.59 bits per heavy atom. The van der Waals surface area contributed by atoms with Crippen molar-refractivity contribution in [1.82, 2.24) is 42.1 Å². The van der Waals surface area contributed by atoms with Gasteiger partial charge in [-0.05, 0) is 101 Å². The molecule has 0 aromatic heterocycles. The number of aliphatic hydroxyl groups is 2. The molecule has 1 saturated heterocycles. The summed E-state index contributed by atoms with van der Waals surface area (Å²) >= 11 is 0. The minimum Gasteiger partial charge on any atom is -0.508 e. The van der Waals surface area contributed by atoms with Gasteiger partial charge in [0.05, 0.1) is 19.3 Å². The highest BCUT2D eigenvalue weighted by atomic mass is 16.4. The lowest BCUT2D eigenvalue weighted by molar-refractivity contribution is -0.143. The molecule has 1 heterocycles. The summed E-state index contributed by atoms with van der Waals surface area (Å²) in [7, 11) is 0. The number of phenolic OH excluding ortho intramolecular Hbond substituents is 1. The molecule has 31 nitrogen and oxygen atoms in total. The number of nitrogens with two attached hydrogens (primary N) is 6. The lowest BCUT2D eigenvalue weighted by Crippen LogP contribution is -2.61. The first-order chi connectivity index (χ1) is 37.8. The third kappa shape index (κ3) is 24.8. The molecule has 80 heavy (non-hydrogen) atoms. The minimum atomic E-state index is -1.78. The van der Waals surface area contributed by atoms with Crippen LogP contribution in [0.2, 0.25) is 0 Å². The number of unbranched alkanes of at least 4 members (excludes halogenated alkanes) is 1. The van der Waals surface area contributed by atoms with Crippen LogP contribution < -0.4 is 71.6 Å². The average Bonchev–Trinajstić information content (AvgIpc) is 3.90. The molecule has 1 aromatic rings. The van der Waals surface area contributed by atoms with Gasteiger partial charge in [-0.15, -0.1) is 0 Å².